The first-order valence-electron chi connectivity index (χ1n) is 8.58. The Hall–Kier alpha value is -1.02. The van der Waals surface area contributed by atoms with Gasteiger partial charge in [0.2, 0.25) is 0 Å². The minimum absolute atomic E-state index is 0.0370. The Morgan fingerprint density at radius 1 is 1.08 bits per heavy atom. The van der Waals surface area contributed by atoms with Crippen molar-refractivity contribution in [3.63, 3.8) is 0 Å². The molecule has 4 aliphatic heterocycles. The second kappa shape index (κ2) is 5.76. The van der Waals surface area contributed by atoms with E-state index in [1.165, 1.54) is 16.4 Å². The maximum absolute atomic E-state index is 13.3. The van der Waals surface area contributed by atoms with Crippen molar-refractivity contribution < 1.29 is 12.8 Å². The highest BCUT2D eigenvalue weighted by Crippen LogP contribution is 2.47. The molecular formula is C17H24FN3O2S. The number of halogens is 1. The number of hydrogen-bond donors (Lipinski definition) is 0. The van der Waals surface area contributed by atoms with Crippen LogP contribution in [-0.2, 0) is 10.2 Å². The molecule has 3 atom stereocenters. The van der Waals surface area contributed by atoms with Crippen LogP contribution in [0.5, 0.6) is 0 Å². The molecule has 0 N–H and O–H groups in total. The molecule has 5 rings (SSSR count). The van der Waals surface area contributed by atoms with Gasteiger partial charge in [-0.2, -0.15) is 17.0 Å². The zero-order valence-corrected chi connectivity index (χ0v) is 14.9. The highest BCUT2D eigenvalue weighted by Gasteiger charge is 2.56. The van der Waals surface area contributed by atoms with Gasteiger partial charge in [0.25, 0.3) is 10.2 Å². The molecule has 0 spiro atoms. The van der Waals surface area contributed by atoms with Crippen LogP contribution in [0, 0.1) is 11.7 Å². The molecule has 1 aromatic carbocycles. The monoisotopic (exact) mass is 353 g/mol. The fraction of sp³-hybridized carbons (Fsp3) is 0.647. The van der Waals surface area contributed by atoms with E-state index in [4.69, 9.17) is 0 Å². The van der Waals surface area contributed by atoms with Crippen LogP contribution in [0.25, 0.3) is 0 Å². The summed E-state index contributed by atoms with van der Waals surface area (Å²) < 4.78 is 42.1. The van der Waals surface area contributed by atoms with Gasteiger partial charge in [-0.25, -0.2) is 4.39 Å². The van der Waals surface area contributed by atoms with Crippen molar-refractivity contribution in [3.05, 3.63) is 35.6 Å². The van der Waals surface area contributed by atoms with Crippen LogP contribution in [-0.4, -0.2) is 67.7 Å². The van der Waals surface area contributed by atoms with Gasteiger partial charge in [0.15, 0.2) is 0 Å². The van der Waals surface area contributed by atoms with E-state index in [9.17, 15) is 12.8 Å². The SMILES string of the molecule is CN(C)S(=O)(=O)N1C[C@H](c2ccc(F)cc2)[C@H]2[C@@H]1C1CCN2CC1. The second-order valence-electron chi connectivity index (χ2n) is 7.37. The van der Waals surface area contributed by atoms with E-state index < -0.39 is 10.2 Å². The third-order valence-electron chi connectivity index (χ3n) is 6.01. The molecule has 7 heteroatoms. The van der Waals surface area contributed by atoms with Crippen molar-refractivity contribution in [2.45, 2.75) is 30.8 Å². The first-order chi connectivity index (χ1) is 11.4. The maximum atomic E-state index is 13.3. The molecule has 0 saturated carbocycles. The summed E-state index contributed by atoms with van der Waals surface area (Å²) in [6, 6.07) is 6.82. The van der Waals surface area contributed by atoms with E-state index in [1.54, 1.807) is 18.4 Å². The molecule has 4 heterocycles. The zero-order chi connectivity index (χ0) is 17.1. The molecule has 132 valence electrons. The van der Waals surface area contributed by atoms with E-state index in [1.807, 2.05) is 12.1 Å². The molecular weight excluding hydrogens is 329 g/mol. The average Bonchev–Trinajstić information content (AvgIpc) is 3.00. The van der Waals surface area contributed by atoms with Crippen LogP contribution in [0.15, 0.2) is 24.3 Å². The summed E-state index contributed by atoms with van der Waals surface area (Å²) in [5, 5.41) is 0. The third-order valence-corrected chi connectivity index (χ3v) is 7.91. The lowest BCUT2D eigenvalue weighted by molar-refractivity contribution is 0.0114. The highest BCUT2D eigenvalue weighted by atomic mass is 32.2. The molecule has 4 aliphatic rings. The molecule has 0 unspecified atom stereocenters. The van der Waals surface area contributed by atoms with Crippen molar-refractivity contribution in [2.24, 2.45) is 5.92 Å². The summed E-state index contributed by atoms with van der Waals surface area (Å²) in [7, 11) is -0.264. The molecule has 0 amide bonds. The van der Waals surface area contributed by atoms with Gasteiger partial charge in [0, 0.05) is 38.6 Å². The lowest BCUT2D eigenvalue weighted by atomic mass is 9.75. The van der Waals surface area contributed by atoms with Crippen LogP contribution >= 0.6 is 0 Å². The fourth-order valence-electron chi connectivity index (χ4n) is 4.85. The zero-order valence-electron chi connectivity index (χ0n) is 14.1. The Balaban J connectivity index is 1.75. The van der Waals surface area contributed by atoms with Crippen LogP contribution in [0.1, 0.15) is 24.3 Å². The highest BCUT2D eigenvalue weighted by molar-refractivity contribution is 7.86. The summed E-state index contributed by atoms with van der Waals surface area (Å²) >= 11 is 0. The number of piperidine rings is 3. The minimum Gasteiger partial charge on any atom is -0.298 e. The summed E-state index contributed by atoms with van der Waals surface area (Å²) in [4.78, 5) is 2.45. The maximum Gasteiger partial charge on any atom is 0.281 e. The van der Waals surface area contributed by atoms with Gasteiger partial charge in [-0.1, -0.05) is 12.1 Å². The van der Waals surface area contributed by atoms with E-state index >= 15 is 0 Å². The average molecular weight is 353 g/mol. The predicted molar refractivity (Wildman–Crippen MR) is 90.3 cm³/mol. The van der Waals surface area contributed by atoms with Gasteiger partial charge in [-0.05, 0) is 49.5 Å². The molecule has 24 heavy (non-hydrogen) atoms. The molecule has 5 nitrogen and oxygen atoms in total. The number of benzene rings is 1. The van der Waals surface area contributed by atoms with E-state index in [-0.39, 0.29) is 23.8 Å². The van der Waals surface area contributed by atoms with Gasteiger partial charge in [0.05, 0.1) is 0 Å². The van der Waals surface area contributed by atoms with Crippen molar-refractivity contribution in [1.82, 2.24) is 13.5 Å². The number of fused-ring (bicyclic) bond motifs is 2. The summed E-state index contributed by atoms with van der Waals surface area (Å²) in [5.74, 6) is 0.283. The molecule has 0 aromatic heterocycles. The van der Waals surface area contributed by atoms with Crippen LogP contribution in [0.4, 0.5) is 4.39 Å². The van der Waals surface area contributed by atoms with Gasteiger partial charge in [-0.3, -0.25) is 4.90 Å². The molecule has 4 fully saturated rings. The Morgan fingerprint density at radius 2 is 1.71 bits per heavy atom. The smallest absolute Gasteiger partial charge is 0.281 e. The summed E-state index contributed by atoms with van der Waals surface area (Å²) in [6.07, 6.45) is 2.13. The lowest BCUT2D eigenvalue weighted by Crippen LogP contribution is -2.61. The van der Waals surface area contributed by atoms with Crippen LogP contribution in [0.3, 0.4) is 0 Å². The lowest BCUT2D eigenvalue weighted by Gasteiger charge is -2.51. The molecule has 0 aliphatic carbocycles. The normalized spacial score (nSPS) is 36.2. The largest absolute Gasteiger partial charge is 0.298 e. The Kier molecular flexibility index (Phi) is 3.95. The quantitative estimate of drug-likeness (QED) is 0.827. The Bertz CT molecular complexity index is 714. The van der Waals surface area contributed by atoms with Gasteiger partial charge in [0.1, 0.15) is 5.82 Å². The molecule has 2 bridgehead atoms. The molecule has 4 saturated heterocycles. The van der Waals surface area contributed by atoms with E-state index in [2.05, 4.69) is 4.90 Å². The van der Waals surface area contributed by atoms with Crippen LogP contribution < -0.4 is 0 Å². The van der Waals surface area contributed by atoms with E-state index in [0.717, 1.165) is 31.5 Å². The van der Waals surface area contributed by atoms with Crippen molar-refractivity contribution in [1.29, 1.82) is 0 Å². The number of nitrogens with zero attached hydrogens (tertiary/aromatic N) is 3. The minimum atomic E-state index is -3.45. The van der Waals surface area contributed by atoms with Crippen LogP contribution in [0.2, 0.25) is 0 Å². The Labute approximate surface area is 143 Å². The standard InChI is InChI=1S/C17H24FN3O2S/c1-19(2)24(22,23)21-11-15(12-3-5-14(18)6-4-12)17-16(21)13-7-9-20(17)10-8-13/h3-6,13,15-17H,7-11H2,1-2H3/t15-,16+,17+/m1/s1. The van der Waals surface area contributed by atoms with Gasteiger partial charge < -0.3 is 0 Å². The first kappa shape index (κ1) is 16.4. The van der Waals surface area contributed by atoms with Crippen molar-refractivity contribution in [2.75, 3.05) is 33.7 Å². The van der Waals surface area contributed by atoms with Gasteiger partial charge in [-0.15, -0.1) is 0 Å². The summed E-state index contributed by atoms with van der Waals surface area (Å²) in [6.45, 7) is 2.56. The first-order valence-corrected chi connectivity index (χ1v) is 9.98. The van der Waals surface area contributed by atoms with E-state index in [0.29, 0.717) is 12.5 Å². The van der Waals surface area contributed by atoms with Crippen molar-refractivity contribution in [3.8, 4) is 0 Å². The Morgan fingerprint density at radius 3 is 2.29 bits per heavy atom. The van der Waals surface area contributed by atoms with Crippen molar-refractivity contribution >= 4 is 10.2 Å². The number of hydrogen-bond acceptors (Lipinski definition) is 3. The fourth-order valence-corrected chi connectivity index (χ4v) is 6.22. The summed E-state index contributed by atoms with van der Waals surface area (Å²) in [5.41, 5.74) is 1.04. The van der Waals surface area contributed by atoms with Gasteiger partial charge >= 0.3 is 0 Å². The molecule has 1 aromatic rings. The topological polar surface area (TPSA) is 43.9 Å². The molecule has 0 radical (unpaired) electrons. The second-order valence-corrected chi connectivity index (χ2v) is 9.47. The third kappa shape index (κ3) is 2.41. The number of rotatable bonds is 3. The predicted octanol–water partition coefficient (Wildman–Crippen LogP) is 1.49.